The first-order chi connectivity index (χ1) is 18.0. The number of benzene rings is 2. The third kappa shape index (κ3) is 5.52. The lowest BCUT2D eigenvalue weighted by Gasteiger charge is -2.16. The summed E-state index contributed by atoms with van der Waals surface area (Å²) in [6.07, 6.45) is 0. The first-order valence-electron chi connectivity index (χ1n) is 11.4. The number of methoxy groups -OCH3 is 1. The van der Waals surface area contributed by atoms with Gasteiger partial charge >= 0.3 is 0 Å². The van der Waals surface area contributed by atoms with Crippen molar-refractivity contribution < 1.29 is 30.6 Å². The lowest BCUT2D eigenvalue weighted by atomic mass is 10.1. The van der Waals surface area contributed by atoms with Crippen LogP contribution in [0.4, 0.5) is 5.82 Å². The number of hydrogen-bond acceptors (Lipinski definition) is 9. The summed E-state index contributed by atoms with van der Waals surface area (Å²) in [6.45, 7) is 5.67. The maximum Gasteiger partial charge on any atom is 0.281 e. The molecule has 2 aromatic heterocycles. The third-order valence-corrected chi connectivity index (χ3v) is 6.86. The molecule has 0 aliphatic rings. The second kappa shape index (κ2) is 10.4. The average molecular weight is 539 g/mol. The van der Waals surface area contributed by atoms with Gasteiger partial charge in [0.15, 0.2) is 16.5 Å². The Kier molecular flexibility index (Phi) is 7.22. The van der Waals surface area contributed by atoms with E-state index in [1.54, 1.807) is 12.1 Å². The van der Waals surface area contributed by atoms with Crippen LogP contribution in [0.3, 0.4) is 0 Å². The number of carbonyl (C=O) groups excluding carboxylic acids is 1. The molecule has 0 aliphatic carbocycles. The number of anilines is 1. The lowest BCUT2D eigenvalue weighted by Crippen LogP contribution is -2.31. The highest BCUT2D eigenvalue weighted by Crippen LogP contribution is 2.35. The van der Waals surface area contributed by atoms with Gasteiger partial charge < -0.3 is 20.3 Å². The van der Waals surface area contributed by atoms with Crippen LogP contribution in [0, 0.1) is 20.8 Å². The molecule has 1 amide bonds. The van der Waals surface area contributed by atoms with Gasteiger partial charge in [0.25, 0.3) is 15.9 Å². The fourth-order valence-electron chi connectivity index (χ4n) is 3.92. The Morgan fingerprint density at radius 2 is 1.71 bits per heavy atom. The quantitative estimate of drug-likeness (QED) is 0.302. The van der Waals surface area contributed by atoms with Crippen molar-refractivity contribution >= 4 is 21.7 Å². The Morgan fingerprint density at radius 1 is 1.00 bits per heavy atom. The van der Waals surface area contributed by atoms with E-state index in [-0.39, 0.29) is 31.6 Å². The summed E-state index contributed by atoms with van der Waals surface area (Å²) in [6, 6.07) is 15.5. The topological polar surface area (TPSA) is 154 Å². The van der Waals surface area contributed by atoms with Gasteiger partial charge in [-0.1, -0.05) is 23.8 Å². The van der Waals surface area contributed by atoms with E-state index in [1.165, 1.54) is 43.5 Å². The summed E-state index contributed by atoms with van der Waals surface area (Å²) >= 11 is 0. The Bertz CT molecular complexity index is 1640. The fraction of sp³-hybridized carbons (Fsp3) is 0.148. The van der Waals surface area contributed by atoms with E-state index in [2.05, 4.69) is 9.97 Å². The number of hydrogen-bond donors (Lipinski definition) is 3. The predicted molar refractivity (Wildman–Crippen MR) is 146 cm³/mol. The van der Waals surface area contributed by atoms with E-state index in [0.29, 0.717) is 17.0 Å². The number of phenolic OH excluding ortho intramolecular Hbond substituents is 1. The van der Waals surface area contributed by atoms with Gasteiger partial charge in [-0.05, 0) is 74.4 Å². The van der Waals surface area contributed by atoms with E-state index in [1.807, 2.05) is 37.6 Å². The first-order valence-corrected chi connectivity index (χ1v) is 12.9. The number of aromatic nitrogens is 2. The Hall–Kier alpha value is -4.64. The van der Waals surface area contributed by atoms with Crippen molar-refractivity contribution in [1.82, 2.24) is 14.7 Å². The van der Waals surface area contributed by atoms with E-state index in [4.69, 9.17) is 15.2 Å². The summed E-state index contributed by atoms with van der Waals surface area (Å²) in [5.74, 6) is -0.413. The van der Waals surface area contributed by atoms with Gasteiger partial charge in [0.05, 0.1) is 12.8 Å². The molecular weight excluding hydrogens is 508 g/mol. The molecule has 4 aromatic rings. The summed E-state index contributed by atoms with van der Waals surface area (Å²) < 4.78 is 39.0. The number of pyridine rings is 2. The van der Waals surface area contributed by atoms with Crippen molar-refractivity contribution in [2.45, 2.75) is 25.8 Å². The molecule has 0 aliphatic heterocycles. The molecule has 0 atom stereocenters. The fourth-order valence-corrected chi connectivity index (χ4v) is 4.86. The number of aromatic hydroxyl groups is 1. The number of nitrogens with one attached hydrogen (secondary N) is 1. The highest BCUT2D eigenvalue weighted by Gasteiger charge is 2.25. The molecule has 0 bridgehead atoms. The number of carbonyl (C=O) groups is 1. The predicted octanol–water partition coefficient (Wildman–Crippen LogP) is 4.77. The van der Waals surface area contributed by atoms with E-state index in [9.17, 15) is 18.3 Å². The van der Waals surface area contributed by atoms with Crippen molar-refractivity contribution in [1.29, 1.82) is 0 Å². The summed E-state index contributed by atoms with van der Waals surface area (Å²) in [7, 11) is -2.91. The van der Waals surface area contributed by atoms with Crippen LogP contribution in [-0.4, -0.2) is 36.5 Å². The molecule has 11 heteroatoms. The largest absolute Gasteiger partial charge is 0.504 e. The smallest absolute Gasteiger partial charge is 0.281 e. The van der Waals surface area contributed by atoms with E-state index < -0.39 is 21.0 Å². The minimum atomic E-state index is -4.34. The SMILES string of the molecule is COc1cc(-c2ccc(C(=O)NS(=O)(=O)c3cccc(N)n3)c(Oc3c(C)cc(C)cc3C)n2)ccc1O.[HH].[HH]. The standard InChI is InChI=1S/C27H26N4O6S.2H2/c1-15-12-16(2)25(17(3)13-15)37-27-19(26(33)31-38(34,35)24-7-5-6-23(28)30-24)9-10-20(29-27)18-8-11-21(32)22(14-18)36-4;;/h5-14,32H,1-4H3,(H2,28,30)(H,31,33);2*1H. The molecule has 4 rings (SSSR count). The Morgan fingerprint density at radius 3 is 2.37 bits per heavy atom. The second-order valence-electron chi connectivity index (χ2n) is 8.60. The number of nitrogen functional groups attached to an aromatic ring is 1. The molecule has 38 heavy (non-hydrogen) atoms. The molecule has 0 spiro atoms. The van der Waals surface area contributed by atoms with Crippen LogP contribution in [0.1, 0.15) is 29.9 Å². The molecule has 0 saturated heterocycles. The van der Waals surface area contributed by atoms with Crippen molar-refractivity contribution in [2.75, 3.05) is 12.8 Å². The average Bonchev–Trinajstić information content (AvgIpc) is 2.86. The zero-order valence-electron chi connectivity index (χ0n) is 21.1. The van der Waals surface area contributed by atoms with Crippen LogP contribution in [0.2, 0.25) is 0 Å². The minimum Gasteiger partial charge on any atom is -0.504 e. The molecule has 0 radical (unpaired) electrons. The van der Waals surface area contributed by atoms with Gasteiger partial charge in [0.2, 0.25) is 5.88 Å². The molecule has 2 heterocycles. The van der Waals surface area contributed by atoms with E-state index >= 15 is 0 Å². The number of rotatable bonds is 7. The van der Waals surface area contributed by atoms with Crippen LogP contribution in [0.5, 0.6) is 23.1 Å². The zero-order valence-corrected chi connectivity index (χ0v) is 22.0. The normalized spacial score (nSPS) is 11.2. The van der Waals surface area contributed by atoms with E-state index in [0.717, 1.165) is 16.7 Å². The molecule has 2 aromatic carbocycles. The van der Waals surface area contributed by atoms with Crippen molar-refractivity contribution in [3.8, 4) is 34.4 Å². The maximum absolute atomic E-state index is 13.2. The number of phenols is 1. The maximum atomic E-state index is 13.2. The molecule has 0 fully saturated rings. The summed E-state index contributed by atoms with van der Waals surface area (Å²) in [5, 5.41) is 9.55. The monoisotopic (exact) mass is 538 g/mol. The van der Waals surface area contributed by atoms with Crippen LogP contribution < -0.4 is 19.9 Å². The molecular formula is C27H30N4O6S. The molecule has 0 unspecified atom stereocenters. The van der Waals surface area contributed by atoms with Crippen LogP contribution in [0.25, 0.3) is 11.3 Å². The Balaban J connectivity index is 0.00000280. The van der Waals surface area contributed by atoms with Gasteiger partial charge in [-0.25, -0.2) is 14.7 Å². The van der Waals surface area contributed by atoms with Crippen molar-refractivity contribution in [3.05, 3.63) is 82.9 Å². The van der Waals surface area contributed by atoms with Crippen molar-refractivity contribution in [3.63, 3.8) is 0 Å². The first kappa shape index (κ1) is 26.4. The van der Waals surface area contributed by atoms with Crippen LogP contribution in [-0.2, 0) is 10.0 Å². The van der Waals surface area contributed by atoms with Gasteiger partial charge in [-0.2, -0.15) is 8.42 Å². The van der Waals surface area contributed by atoms with Crippen LogP contribution in [0.15, 0.2) is 65.7 Å². The lowest BCUT2D eigenvalue weighted by molar-refractivity contribution is 0.0978. The van der Waals surface area contributed by atoms with Crippen molar-refractivity contribution in [2.24, 2.45) is 0 Å². The summed E-state index contributed by atoms with van der Waals surface area (Å²) in [4.78, 5) is 21.5. The zero-order chi connectivity index (χ0) is 27.6. The van der Waals surface area contributed by atoms with Gasteiger partial charge in [-0.3, -0.25) is 4.79 Å². The minimum absolute atomic E-state index is 0. The molecule has 4 N–H and O–H groups in total. The number of nitrogens with zero attached hydrogens (tertiary/aromatic N) is 2. The molecule has 0 saturated carbocycles. The highest BCUT2D eigenvalue weighted by molar-refractivity contribution is 7.90. The third-order valence-electron chi connectivity index (χ3n) is 5.63. The van der Waals surface area contributed by atoms with Gasteiger partial charge in [-0.15, -0.1) is 0 Å². The number of nitrogens with two attached hydrogens (primary N) is 1. The molecule has 10 nitrogen and oxygen atoms in total. The van der Waals surface area contributed by atoms with Gasteiger partial charge in [0, 0.05) is 8.42 Å². The molecule has 200 valence electrons. The van der Waals surface area contributed by atoms with Gasteiger partial charge in [0.1, 0.15) is 17.1 Å². The highest BCUT2D eigenvalue weighted by atomic mass is 32.2. The number of ether oxygens (including phenoxy) is 2. The summed E-state index contributed by atoms with van der Waals surface area (Å²) in [5.41, 5.74) is 9.11. The number of amides is 1. The van der Waals surface area contributed by atoms with Crippen LogP contribution >= 0.6 is 0 Å². The Labute approximate surface area is 223 Å². The number of aryl methyl sites for hydroxylation is 3. The number of sulfonamides is 1. The second-order valence-corrected chi connectivity index (χ2v) is 10.2.